The van der Waals surface area contributed by atoms with Gasteiger partial charge in [0.2, 0.25) is 0 Å². The first-order chi connectivity index (χ1) is 19.1. The number of esters is 2. The third kappa shape index (κ3) is 4.76. The largest absolute Gasteiger partial charge is 0.478 e. The van der Waals surface area contributed by atoms with E-state index in [9.17, 15) is 29.4 Å². The SMILES string of the molecule is CC(C)(c1ccc(Oc2cccc(C(=O)O)c2C(=O)O)cc1)c1ccc(Oc2cccc3c2C(=O)OC3=O)cc1. The lowest BCUT2D eigenvalue weighted by Gasteiger charge is -2.26. The second kappa shape index (κ2) is 10.0. The zero-order valence-electron chi connectivity index (χ0n) is 21.3. The summed E-state index contributed by atoms with van der Waals surface area (Å²) in [4.78, 5) is 47.0. The molecule has 9 heteroatoms. The van der Waals surface area contributed by atoms with Crippen molar-refractivity contribution in [2.75, 3.05) is 0 Å². The van der Waals surface area contributed by atoms with Gasteiger partial charge in [0.05, 0.1) is 11.1 Å². The Kier molecular flexibility index (Phi) is 6.56. The Bertz CT molecular complexity index is 1670. The maximum atomic E-state index is 12.1. The van der Waals surface area contributed by atoms with Crippen LogP contribution in [-0.4, -0.2) is 34.1 Å². The fraction of sp³-hybridized carbons (Fsp3) is 0.0968. The van der Waals surface area contributed by atoms with Gasteiger partial charge in [-0.3, -0.25) is 0 Å². The van der Waals surface area contributed by atoms with Crippen molar-refractivity contribution in [3.63, 3.8) is 0 Å². The molecule has 0 amide bonds. The van der Waals surface area contributed by atoms with Crippen molar-refractivity contribution in [2.24, 2.45) is 0 Å². The predicted molar refractivity (Wildman–Crippen MR) is 142 cm³/mol. The number of carbonyl (C=O) groups excluding carboxylic acids is 2. The maximum absolute atomic E-state index is 12.1. The van der Waals surface area contributed by atoms with Crippen LogP contribution in [0.25, 0.3) is 0 Å². The first-order valence-corrected chi connectivity index (χ1v) is 12.1. The highest BCUT2D eigenvalue weighted by atomic mass is 16.6. The first-order valence-electron chi connectivity index (χ1n) is 12.1. The number of fused-ring (bicyclic) bond motifs is 1. The van der Waals surface area contributed by atoms with Crippen molar-refractivity contribution in [2.45, 2.75) is 19.3 Å². The third-order valence-corrected chi connectivity index (χ3v) is 6.71. The van der Waals surface area contributed by atoms with Crippen molar-refractivity contribution in [1.82, 2.24) is 0 Å². The fourth-order valence-corrected chi connectivity index (χ4v) is 4.50. The summed E-state index contributed by atoms with van der Waals surface area (Å²) in [5.74, 6) is -3.22. The van der Waals surface area contributed by atoms with Gasteiger partial charge in [-0.15, -0.1) is 0 Å². The minimum absolute atomic E-state index is 0.0725. The minimum Gasteiger partial charge on any atom is -0.478 e. The molecule has 4 aromatic carbocycles. The molecule has 9 nitrogen and oxygen atoms in total. The molecule has 0 radical (unpaired) electrons. The Labute approximate surface area is 228 Å². The normalized spacial score (nSPS) is 12.4. The van der Waals surface area contributed by atoms with Crippen molar-refractivity contribution < 1.29 is 43.6 Å². The van der Waals surface area contributed by atoms with Crippen LogP contribution in [0.15, 0.2) is 84.9 Å². The lowest BCUT2D eigenvalue weighted by Crippen LogP contribution is -2.18. The number of ether oxygens (including phenoxy) is 3. The zero-order chi connectivity index (χ0) is 28.6. The predicted octanol–water partition coefficient (Wildman–Crippen LogP) is 6.30. The number of carboxylic acid groups (broad SMARTS) is 2. The number of rotatable bonds is 8. The average molecular weight is 539 g/mol. The molecule has 1 aliphatic heterocycles. The number of carboxylic acids is 2. The highest BCUT2D eigenvalue weighted by Gasteiger charge is 2.33. The molecular weight excluding hydrogens is 516 g/mol. The minimum atomic E-state index is -1.40. The van der Waals surface area contributed by atoms with Crippen molar-refractivity contribution >= 4 is 23.9 Å². The number of carbonyl (C=O) groups is 4. The Hall–Kier alpha value is -5.44. The molecule has 0 fully saturated rings. The smallest absolute Gasteiger partial charge is 0.350 e. The van der Waals surface area contributed by atoms with Crippen molar-refractivity contribution in [3.05, 3.63) is 118 Å². The molecule has 2 N–H and O–H groups in total. The monoisotopic (exact) mass is 538 g/mol. The highest BCUT2D eigenvalue weighted by molar-refractivity contribution is 6.16. The van der Waals surface area contributed by atoms with Crippen LogP contribution in [-0.2, 0) is 10.2 Å². The molecule has 1 heterocycles. The molecule has 0 spiro atoms. The summed E-state index contributed by atoms with van der Waals surface area (Å²) in [6, 6.07) is 23.1. The van der Waals surface area contributed by atoms with Gasteiger partial charge in [0.1, 0.15) is 34.1 Å². The topological polar surface area (TPSA) is 136 Å². The van der Waals surface area contributed by atoms with Crippen LogP contribution in [0.5, 0.6) is 23.0 Å². The summed E-state index contributed by atoms with van der Waals surface area (Å²) < 4.78 is 16.3. The Morgan fingerprint density at radius 1 is 0.675 bits per heavy atom. The van der Waals surface area contributed by atoms with Gasteiger partial charge in [0, 0.05) is 5.41 Å². The highest BCUT2D eigenvalue weighted by Crippen LogP contribution is 2.37. The molecule has 200 valence electrons. The number of hydrogen-bond donors (Lipinski definition) is 2. The van der Waals surface area contributed by atoms with E-state index >= 15 is 0 Å². The molecule has 40 heavy (non-hydrogen) atoms. The van der Waals surface area contributed by atoms with Gasteiger partial charge in [-0.05, 0) is 59.7 Å². The van der Waals surface area contributed by atoms with E-state index in [1.807, 2.05) is 38.1 Å². The van der Waals surface area contributed by atoms with E-state index in [-0.39, 0.29) is 28.2 Å². The van der Waals surface area contributed by atoms with Crippen LogP contribution < -0.4 is 9.47 Å². The molecule has 5 rings (SSSR count). The van der Waals surface area contributed by atoms with Crippen LogP contribution in [0, 0.1) is 0 Å². The van der Waals surface area contributed by atoms with E-state index in [4.69, 9.17) is 9.47 Å². The summed E-state index contributed by atoms with van der Waals surface area (Å²) in [7, 11) is 0. The summed E-state index contributed by atoms with van der Waals surface area (Å²) in [5.41, 5.74) is 0.936. The quantitative estimate of drug-likeness (QED) is 0.195. The van der Waals surface area contributed by atoms with Crippen molar-refractivity contribution in [3.8, 4) is 23.0 Å². The molecular formula is C31H22O9. The van der Waals surface area contributed by atoms with E-state index in [0.717, 1.165) is 11.1 Å². The van der Waals surface area contributed by atoms with E-state index < -0.39 is 34.9 Å². The van der Waals surface area contributed by atoms with E-state index in [1.54, 1.807) is 36.4 Å². The first kappa shape index (κ1) is 26.2. The van der Waals surface area contributed by atoms with Crippen LogP contribution >= 0.6 is 0 Å². The molecule has 4 aromatic rings. The fourth-order valence-electron chi connectivity index (χ4n) is 4.50. The lowest BCUT2D eigenvalue weighted by atomic mass is 9.78. The van der Waals surface area contributed by atoms with E-state index in [1.165, 1.54) is 24.3 Å². The zero-order valence-corrected chi connectivity index (χ0v) is 21.3. The van der Waals surface area contributed by atoms with Crippen LogP contribution in [0.1, 0.15) is 66.4 Å². The van der Waals surface area contributed by atoms with Gasteiger partial charge in [0.25, 0.3) is 0 Å². The van der Waals surface area contributed by atoms with Gasteiger partial charge in [-0.2, -0.15) is 0 Å². The summed E-state index contributed by atoms with van der Waals surface area (Å²) in [6.07, 6.45) is 0. The molecule has 0 unspecified atom stereocenters. The van der Waals surface area contributed by atoms with E-state index in [2.05, 4.69) is 4.74 Å². The molecule has 1 aliphatic rings. The Morgan fingerprint density at radius 2 is 1.20 bits per heavy atom. The average Bonchev–Trinajstić information content (AvgIpc) is 3.23. The lowest BCUT2D eigenvalue weighted by molar-refractivity contribution is 0.0441. The second-order valence-electron chi connectivity index (χ2n) is 9.52. The molecule has 0 saturated carbocycles. The van der Waals surface area contributed by atoms with Crippen LogP contribution in [0.2, 0.25) is 0 Å². The Balaban J connectivity index is 1.34. The Morgan fingerprint density at radius 3 is 1.75 bits per heavy atom. The van der Waals surface area contributed by atoms with Gasteiger partial charge >= 0.3 is 23.9 Å². The van der Waals surface area contributed by atoms with Crippen LogP contribution in [0.4, 0.5) is 0 Å². The molecule has 0 bridgehead atoms. The summed E-state index contributed by atoms with van der Waals surface area (Å²) >= 11 is 0. The van der Waals surface area contributed by atoms with Gasteiger partial charge in [-0.1, -0.05) is 50.2 Å². The van der Waals surface area contributed by atoms with Gasteiger partial charge in [-0.25, -0.2) is 19.2 Å². The number of cyclic esters (lactones) is 2. The summed E-state index contributed by atoms with van der Waals surface area (Å²) in [5, 5.41) is 18.9. The van der Waals surface area contributed by atoms with Crippen molar-refractivity contribution in [1.29, 1.82) is 0 Å². The standard InChI is InChI=1S/C31H22O9/c1-31(2,17-9-13-19(14-10-17)38-23-7-3-5-21(27(32)33)25(23)28(34)35)18-11-15-20(16-12-18)39-24-8-4-6-22-26(24)30(37)40-29(22)36/h3-16H,1-2H3,(H,32,33)(H,34,35). The maximum Gasteiger partial charge on any atom is 0.350 e. The second-order valence-corrected chi connectivity index (χ2v) is 9.52. The number of aromatic carboxylic acids is 2. The third-order valence-electron chi connectivity index (χ3n) is 6.71. The molecule has 0 aromatic heterocycles. The molecule has 0 aliphatic carbocycles. The van der Waals surface area contributed by atoms with Gasteiger partial charge < -0.3 is 24.4 Å². The van der Waals surface area contributed by atoms with Crippen LogP contribution in [0.3, 0.4) is 0 Å². The number of hydrogen-bond acceptors (Lipinski definition) is 7. The van der Waals surface area contributed by atoms with Gasteiger partial charge in [0.15, 0.2) is 0 Å². The summed E-state index contributed by atoms with van der Waals surface area (Å²) in [6.45, 7) is 4.06. The number of benzene rings is 4. The molecule has 0 saturated heterocycles. The van der Waals surface area contributed by atoms with E-state index in [0.29, 0.717) is 11.5 Å². The molecule has 0 atom stereocenters.